The van der Waals surface area contributed by atoms with Crippen LogP contribution >= 0.6 is 23.2 Å². The van der Waals surface area contributed by atoms with Crippen molar-refractivity contribution in [3.05, 3.63) is 21.9 Å². The maximum atomic E-state index is 6.00. The first-order chi connectivity index (χ1) is 8.11. The lowest BCUT2D eigenvalue weighted by Gasteiger charge is -2.11. The van der Waals surface area contributed by atoms with Crippen LogP contribution in [0.1, 0.15) is 18.5 Å². The average Bonchev–Trinajstić information content (AvgIpc) is 3.10. The molecule has 94 valence electrons. The lowest BCUT2D eigenvalue weighted by Crippen LogP contribution is -2.38. The molecule has 1 aliphatic carbocycles. The van der Waals surface area contributed by atoms with Crippen molar-refractivity contribution in [3.8, 4) is 0 Å². The summed E-state index contributed by atoms with van der Waals surface area (Å²) in [5.74, 6) is 0.820. The van der Waals surface area contributed by atoms with Crippen LogP contribution in [-0.2, 0) is 13.6 Å². The van der Waals surface area contributed by atoms with E-state index in [9.17, 15) is 0 Å². The highest BCUT2D eigenvalue weighted by Gasteiger charge is 2.22. The van der Waals surface area contributed by atoms with E-state index in [1.807, 2.05) is 17.7 Å². The van der Waals surface area contributed by atoms with Crippen molar-refractivity contribution in [2.45, 2.75) is 25.4 Å². The molecule has 0 aromatic carbocycles. The van der Waals surface area contributed by atoms with Crippen molar-refractivity contribution in [1.82, 2.24) is 15.2 Å². The van der Waals surface area contributed by atoms with Crippen molar-refractivity contribution in [2.24, 2.45) is 12.0 Å². The van der Waals surface area contributed by atoms with E-state index in [2.05, 4.69) is 15.6 Å². The molecule has 0 radical (unpaired) electrons. The Labute approximate surface area is 111 Å². The van der Waals surface area contributed by atoms with Gasteiger partial charge in [-0.15, -0.1) is 0 Å². The lowest BCUT2D eigenvalue weighted by molar-refractivity contribution is 0.749. The van der Waals surface area contributed by atoms with Gasteiger partial charge < -0.3 is 15.2 Å². The van der Waals surface area contributed by atoms with Gasteiger partial charge in [-0.25, -0.2) is 0 Å². The number of aliphatic imine (C=N–C) groups is 1. The number of guanidine groups is 1. The molecule has 1 aromatic rings. The SMILES string of the molecule is CN=C(NCc1cc(Cl)c(Cl)n1C)NC1CC1. The Hall–Kier alpha value is -0.870. The molecule has 6 heteroatoms. The van der Waals surface area contributed by atoms with Gasteiger partial charge in [0.25, 0.3) is 0 Å². The zero-order valence-electron chi connectivity index (χ0n) is 9.93. The largest absolute Gasteiger partial charge is 0.354 e. The second-order valence-electron chi connectivity index (χ2n) is 4.18. The van der Waals surface area contributed by atoms with Gasteiger partial charge >= 0.3 is 0 Å². The first-order valence-corrected chi connectivity index (χ1v) is 6.34. The smallest absolute Gasteiger partial charge is 0.191 e. The normalized spacial score (nSPS) is 16.1. The number of rotatable bonds is 3. The number of aromatic nitrogens is 1. The van der Waals surface area contributed by atoms with Crippen LogP contribution in [0.2, 0.25) is 10.2 Å². The Bertz CT molecular complexity index is 435. The molecule has 0 spiro atoms. The van der Waals surface area contributed by atoms with Crippen LogP contribution in [0.15, 0.2) is 11.1 Å². The monoisotopic (exact) mass is 274 g/mol. The standard InChI is InChI=1S/C11H16Cl2N4/c1-14-11(16-7-3-4-7)15-6-8-5-9(12)10(13)17(8)2/h5,7H,3-4,6H2,1-2H3,(H2,14,15,16). The molecule has 1 fully saturated rings. The Morgan fingerprint density at radius 3 is 2.71 bits per heavy atom. The molecule has 2 rings (SSSR count). The molecule has 1 aromatic heterocycles. The molecular formula is C11H16Cl2N4. The van der Waals surface area contributed by atoms with E-state index >= 15 is 0 Å². The van der Waals surface area contributed by atoms with Gasteiger partial charge in [-0.1, -0.05) is 23.2 Å². The highest BCUT2D eigenvalue weighted by Crippen LogP contribution is 2.25. The third-order valence-electron chi connectivity index (χ3n) is 2.79. The van der Waals surface area contributed by atoms with Crippen LogP contribution in [0.5, 0.6) is 0 Å². The van der Waals surface area contributed by atoms with Gasteiger partial charge in [0.15, 0.2) is 5.96 Å². The summed E-state index contributed by atoms with van der Waals surface area (Å²) >= 11 is 12.0. The van der Waals surface area contributed by atoms with E-state index in [0.29, 0.717) is 22.8 Å². The van der Waals surface area contributed by atoms with Gasteiger partial charge in [0, 0.05) is 25.8 Å². The molecule has 0 bridgehead atoms. The summed E-state index contributed by atoms with van der Waals surface area (Å²) in [5.41, 5.74) is 1.03. The van der Waals surface area contributed by atoms with Crippen molar-refractivity contribution >= 4 is 29.2 Å². The lowest BCUT2D eigenvalue weighted by atomic mass is 10.4. The van der Waals surface area contributed by atoms with E-state index in [1.165, 1.54) is 12.8 Å². The fraction of sp³-hybridized carbons (Fsp3) is 0.545. The van der Waals surface area contributed by atoms with E-state index in [-0.39, 0.29) is 0 Å². The molecule has 0 atom stereocenters. The maximum absolute atomic E-state index is 6.00. The zero-order chi connectivity index (χ0) is 12.4. The quantitative estimate of drug-likeness (QED) is 0.655. The van der Waals surface area contributed by atoms with E-state index in [4.69, 9.17) is 23.2 Å². The molecule has 0 unspecified atom stereocenters. The third-order valence-corrected chi connectivity index (χ3v) is 3.64. The minimum atomic E-state index is 0.564. The third kappa shape index (κ3) is 3.07. The van der Waals surface area contributed by atoms with Crippen LogP contribution in [0.4, 0.5) is 0 Å². The summed E-state index contributed by atoms with van der Waals surface area (Å²) in [7, 11) is 3.66. The predicted octanol–water partition coefficient (Wildman–Crippen LogP) is 2.16. The zero-order valence-corrected chi connectivity index (χ0v) is 11.4. The first-order valence-electron chi connectivity index (χ1n) is 5.58. The van der Waals surface area contributed by atoms with Gasteiger partial charge in [-0.05, 0) is 18.9 Å². The van der Waals surface area contributed by atoms with E-state index in [1.54, 1.807) is 7.05 Å². The van der Waals surface area contributed by atoms with Crippen molar-refractivity contribution in [3.63, 3.8) is 0 Å². The molecule has 2 N–H and O–H groups in total. The molecule has 1 aliphatic rings. The minimum absolute atomic E-state index is 0.564. The molecule has 1 saturated carbocycles. The summed E-state index contributed by atoms with van der Waals surface area (Å²) in [6.45, 7) is 0.648. The summed E-state index contributed by atoms with van der Waals surface area (Å²) in [5, 5.41) is 7.70. The highest BCUT2D eigenvalue weighted by atomic mass is 35.5. The Kier molecular flexibility index (Phi) is 3.84. The van der Waals surface area contributed by atoms with Crippen molar-refractivity contribution in [1.29, 1.82) is 0 Å². The van der Waals surface area contributed by atoms with Crippen LogP contribution < -0.4 is 10.6 Å². The number of halogens is 2. The summed E-state index contributed by atoms with van der Waals surface area (Å²) in [6.07, 6.45) is 2.45. The second-order valence-corrected chi connectivity index (χ2v) is 4.94. The summed E-state index contributed by atoms with van der Waals surface area (Å²) in [4.78, 5) is 4.16. The van der Waals surface area contributed by atoms with Gasteiger partial charge in [0.05, 0.1) is 11.6 Å². The van der Waals surface area contributed by atoms with Crippen molar-refractivity contribution in [2.75, 3.05) is 7.05 Å². The van der Waals surface area contributed by atoms with Crippen LogP contribution in [0.25, 0.3) is 0 Å². The molecule has 0 saturated heterocycles. The van der Waals surface area contributed by atoms with Crippen LogP contribution in [0.3, 0.4) is 0 Å². The molecule has 1 heterocycles. The van der Waals surface area contributed by atoms with Crippen molar-refractivity contribution < 1.29 is 0 Å². The Morgan fingerprint density at radius 1 is 1.53 bits per heavy atom. The predicted molar refractivity (Wildman–Crippen MR) is 71.8 cm³/mol. The van der Waals surface area contributed by atoms with Gasteiger partial charge in [0.1, 0.15) is 5.15 Å². The van der Waals surface area contributed by atoms with E-state index in [0.717, 1.165) is 11.7 Å². The first kappa shape index (κ1) is 12.6. The minimum Gasteiger partial charge on any atom is -0.354 e. The second kappa shape index (κ2) is 5.19. The van der Waals surface area contributed by atoms with Crippen LogP contribution in [-0.4, -0.2) is 23.6 Å². The molecule has 4 nitrogen and oxygen atoms in total. The number of hydrogen-bond acceptors (Lipinski definition) is 1. The molecule has 17 heavy (non-hydrogen) atoms. The Morgan fingerprint density at radius 2 is 2.24 bits per heavy atom. The molecular weight excluding hydrogens is 259 g/mol. The highest BCUT2D eigenvalue weighted by molar-refractivity contribution is 6.41. The fourth-order valence-corrected chi connectivity index (χ4v) is 1.96. The topological polar surface area (TPSA) is 41.4 Å². The summed E-state index contributed by atoms with van der Waals surface area (Å²) < 4.78 is 1.86. The van der Waals surface area contributed by atoms with Crippen LogP contribution in [0, 0.1) is 0 Å². The fourth-order valence-electron chi connectivity index (χ4n) is 1.55. The number of hydrogen-bond donors (Lipinski definition) is 2. The number of nitrogens with zero attached hydrogens (tertiary/aromatic N) is 2. The Balaban J connectivity index is 1.93. The van der Waals surface area contributed by atoms with Gasteiger partial charge in [-0.2, -0.15) is 0 Å². The molecule has 0 aliphatic heterocycles. The van der Waals surface area contributed by atoms with E-state index < -0.39 is 0 Å². The van der Waals surface area contributed by atoms with Gasteiger partial charge in [0.2, 0.25) is 0 Å². The maximum Gasteiger partial charge on any atom is 0.191 e. The number of nitrogens with one attached hydrogen (secondary N) is 2. The van der Waals surface area contributed by atoms with Gasteiger partial charge in [-0.3, -0.25) is 4.99 Å². The molecule has 0 amide bonds. The average molecular weight is 275 g/mol. The summed E-state index contributed by atoms with van der Waals surface area (Å²) in [6, 6.07) is 2.45.